The topological polar surface area (TPSA) is 62.4 Å². The van der Waals surface area contributed by atoms with Crippen LogP contribution in [-0.2, 0) is 5.60 Å². The van der Waals surface area contributed by atoms with Gasteiger partial charge in [-0.05, 0) is 56.5 Å². The molecule has 0 aliphatic carbocycles. The molecule has 0 spiro atoms. The summed E-state index contributed by atoms with van der Waals surface area (Å²) in [5, 5.41) is 14.9. The Hall–Kier alpha value is -1.72. The van der Waals surface area contributed by atoms with Crippen molar-refractivity contribution < 1.29 is 9.63 Å². The molecule has 5 heteroatoms. The molecule has 5 rings (SSSR count). The Morgan fingerprint density at radius 1 is 1.24 bits per heavy atom. The Kier molecular flexibility index (Phi) is 2.87. The standard InChI is InChI=1S/C16H19N3O2/c1-11-17-15(21-18-11)12-2-4-13(5-3-12)16(20)10-19-8-6-14(16)7-9-19/h2-5,14,20H,6-10H2,1H3. The van der Waals surface area contributed by atoms with Crippen molar-refractivity contribution in [1.29, 1.82) is 0 Å². The van der Waals surface area contributed by atoms with Crippen molar-refractivity contribution in [3.8, 4) is 11.5 Å². The number of aliphatic hydroxyl groups is 1. The van der Waals surface area contributed by atoms with E-state index in [-0.39, 0.29) is 0 Å². The highest BCUT2D eigenvalue weighted by Crippen LogP contribution is 2.42. The quantitative estimate of drug-likeness (QED) is 0.914. The van der Waals surface area contributed by atoms with E-state index < -0.39 is 5.60 Å². The van der Waals surface area contributed by atoms with Crippen molar-refractivity contribution in [2.45, 2.75) is 25.4 Å². The molecular weight excluding hydrogens is 266 g/mol. The van der Waals surface area contributed by atoms with Gasteiger partial charge in [-0.3, -0.25) is 0 Å². The summed E-state index contributed by atoms with van der Waals surface area (Å²) >= 11 is 0. The molecule has 0 radical (unpaired) electrons. The van der Waals surface area contributed by atoms with Crippen molar-refractivity contribution in [2.75, 3.05) is 19.6 Å². The van der Waals surface area contributed by atoms with Gasteiger partial charge in [0, 0.05) is 12.1 Å². The maximum absolute atomic E-state index is 11.1. The van der Waals surface area contributed by atoms with E-state index in [0.29, 0.717) is 17.6 Å². The second kappa shape index (κ2) is 4.64. The first-order chi connectivity index (χ1) is 10.1. The molecule has 0 saturated carbocycles. The fourth-order valence-electron chi connectivity index (χ4n) is 3.68. The average molecular weight is 285 g/mol. The van der Waals surface area contributed by atoms with Crippen LogP contribution in [0.15, 0.2) is 28.8 Å². The van der Waals surface area contributed by atoms with Gasteiger partial charge < -0.3 is 14.5 Å². The number of benzene rings is 1. The van der Waals surface area contributed by atoms with Crippen molar-refractivity contribution in [3.63, 3.8) is 0 Å². The minimum Gasteiger partial charge on any atom is -0.384 e. The molecule has 2 aromatic rings. The highest BCUT2D eigenvalue weighted by Gasteiger charge is 2.46. The van der Waals surface area contributed by atoms with E-state index in [2.05, 4.69) is 15.0 Å². The Morgan fingerprint density at radius 2 is 1.95 bits per heavy atom. The maximum Gasteiger partial charge on any atom is 0.257 e. The van der Waals surface area contributed by atoms with Crippen LogP contribution in [0.4, 0.5) is 0 Å². The zero-order valence-corrected chi connectivity index (χ0v) is 12.1. The fourth-order valence-corrected chi connectivity index (χ4v) is 3.68. The molecule has 1 aromatic heterocycles. The van der Waals surface area contributed by atoms with Crippen molar-refractivity contribution in [3.05, 3.63) is 35.7 Å². The molecule has 3 aliphatic heterocycles. The van der Waals surface area contributed by atoms with Crippen LogP contribution in [0.3, 0.4) is 0 Å². The van der Waals surface area contributed by atoms with Gasteiger partial charge in [-0.15, -0.1) is 0 Å². The fraction of sp³-hybridized carbons (Fsp3) is 0.500. The summed E-state index contributed by atoms with van der Waals surface area (Å²) in [6, 6.07) is 7.91. The molecule has 2 bridgehead atoms. The molecule has 3 fully saturated rings. The zero-order valence-electron chi connectivity index (χ0n) is 12.1. The number of aromatic nitrogens is 2. The summed E-state index contributed by atoms with van der Waals surface area (Å²) in [5.74, 6) is 1.53. The summed E-state index contributed by atoms with van der Waals surface area (Å²) in [4.78, 5) is 6.59. The smallest absolute Gasteiger partial charge is 0.257 e. The van der Waals surface area contributed by atoms with E-state index in [1.54, 1.807) is 6.92 Å². The van der Waals surface area contributed by atoms with Crippen LogP contribution in [0.1, 0.15) is 24.2 Å². The third kappa shape index (κ3) is 2.08. The first kappa shape index (κ1) is 13.0. The normalized spacial score (nSPS) is 31.5. The average Bonchev–Trinajstić information content (AvgIpc) is 2.95. The predicted octanol–water partition coefficient (Wildman–Crippen LogP) is 1.96. The van der Waals surface area contributed by atoms with Gasteiger partial charge in [0.2, 0.25) is 0 Å². The van der Waals surface area contributed by atoms with Gasteiger partial charge in [-0.2, -0.15) is 4.98 Å². The third-order valence-electron chi connectivity index (χ3n) is 4.89. The van der Waals surface area contributed by atoms with E-state index in [4.69, 9.17) is 4.52 Å². The van der Waals surface area contributed by atoms with E-state index in [9.17, 15) is 5.11 Å². The molecular formula is C16H19N3O2. The first-order valence-electron chi connectivity index (χ1n) is 7.51. The maximum atomic E-state index is 11.1. The number of rotatable bonds is 2. The summed E-state index contributed by atoms with van der Waals surface area (Å²) < 4.78 is 5.18. The van der Waals surface area contributed by atoms with Crippen molar-refractivity contribution >= 4 is 0 Å². The van der Waals surface area contributed by atoms with Gasteiger partial charge in [0.25, 0.3) is 5.89 Å². The van der Waals surface area contributed by atoms with Crippen LogP contribution >= 0.6 is 0 Å². The zero-order chi connectivity index (χ0) is 14.4. The summed E-state index contributed by atoms with van der Waals surface area (Å²) in [7, 11) is 0. The van der Waals surface area contributed by atoms with Gasteiger partial charge in [-0.25, -0.2) is 0 Å². The highest BCUT2D eigenvalue weighted by molar-refractivity contribution is 5.53. The number of aryl methyl sites for hydroxylation is 1. The van der Waals surface area contributed by atoms with E-state index in [0.717, 1.165) is 43.6 Å². The van der Waals surface area contributed by atoms with E-state index in [1.807, 2.05) is 24.3 Å². The summed E-state index contributed by atoms with van der Waals surface area (Å²) in [5.41, 5.74) is 1.18. The summed E-state index contributed by atoms with van der Waals surface area (Å²) in [6.45, 7) is 4.78. The van der Waals surface area contributed by atoms with Crippen LogP contribution in [-0.4, -0.2) is 39.8 Å². The highest BCUT2D eigenvalue weighted by atomic mass is 16.5. The first-order valence-corrected chi connectivity index (χ1v) is 7.51. The van der Waals surface area contributed by atoms with Gasteiger partial charge >= 0.3 is 0 Å². The van der Waals surface area contributed by atoms with E-state index in [1.165, 1.54) is 0 Å². The number of hydrogen-bond donors (Lipinski definition) is 1. The second-order valence-corrected chi connectivity index (χ2v) is 6.20. The lowest BCUT2D eigenvalue weighted by molar-refractivity contribution is -0.117. The van der Waals surface area contributed by atoms with Crippen LogP contribution < -0.4 is 0 Å². The van der Waals surface area contributed by atoms with Crippen molar-refractivity contribution in [1.82, 2.24) is 15.0 Å². The molecule has 0 amide bonds. The number of fused-ring (bicyclic) bond motifs is 3. The Bertz CT molecular complexity index is 644. The van der Waals surface area contributed by atoms with Gasteiger partial charge in [0.15, 0.2) is 5.82 Å². The van der Waals surface area contributed by atoms with Crippen LogP contribution in [0.2, 0.25) is 0 Å². The minimum atomic E-state index is -0.709. The number of nitrogens with zero attached hydrogens (tertiary/aromatic N) is 3. The van der Waals surface area contributed by atoms with Crippen LogP contribution in [0.5, 0.6) is 0 Å². The third-order valence-corrected chi connectivity index (χ3v) is 4.89. The van der Waals surface area contributed by atoms with Gasteiger partial charge in [-0.1, -0.05) is 17.3 Å². The molecule has 3 aliphatic rings. The molecule has 21 heavy (non-hydrogen) atoms. The van der Waals surface area contributed by atoms with Crippen LogP contribution in [0.25, 0.3) is 11.5 Å². The molecule has 1 N–H and O–H groups in total. The van der Waals surface area contributed by atoms with Crippen LogP contribution in [0, 0.1) is 12.8 Å². The lowest BCUT2D eigenvalue weighted by atomic mass is 9.71. The largest absolute Gasteiger partial charge is 0.384 e. The number of hydrogen-bond acceptors (Lipinski definition) is 5. The molecule has 1 unspecified atom stereocenters. The lowest BCUT2D eigenvalue weighted by Gasteiger charge is -2.50. The second-order valence-electron chi connectivity index (χ2n) is 6.20. The monoisotopic (exact) mass is 285 g/mol. The van der Waals surface area contributed by atoms with Gasteiger partial charge in [0.05, 0.1) is 0 Å². The SMILES string of the molecule is Cc1noc(-c2ccc(C3(O)CN4CCC3CC4)cc2)n1. The molecule has 5 nitrogen and oxygen atoms in total. The Labute approximate surface area is 123 Å². The molecule has 3 saturated heterocycles. The van der Waals surface area contributed by atoms with Crippen molar-refractivity contribution in [2.24, 2.45) is 5.92 Å². The summed E-state index contributed by atoms with van der Waals surface area (Å²) in [6.07, 6.45) is 2.17. The van der Waals surface area contributed by atoms with Gasteiger partial charge in [0.1, 0.15) is 5.60 Å². The number of piperidine rings is 3. The molecule has 1 aromatic carbocycles. The molecule has 1 atom stereocenters. The minimum absolute atomic E-state index is 0.374. The Balaban J connectivity index is 1.64. The predicted molar refractivity (Wildman–Crippen MR) is 77.5 cm³/mol. The lowest BCUT2D eigenvalue weighted by Crippen LogP contribution is -2.57. The molecule has 4 heterocycles. The Morgan fingerprint density at radius 3 is 2.48 bits per heavy atom. The molecule has 110 valence electrons. The van der Waals surface area contributed by atoms with E-state index >= 15 is 0 Å².